The summed E-state index contributed by atoms with van der Waals surface area (Å²) in [5.74, 6) is -0.296. The van der Waals surface area contributed by atoms with E-state index in [0.29, 0.717) is 17.9 Å². The third-order valence-electron chi connectivity index (χ3n) is 3.20. The van der Waals surface area contributed by atoms with Gasteiger partial charge in [-0.15, -0.1) is 0 Å². The van der Waals surface area contributed by atoms with E-state index in [4.69, 9.17) is 9.57 Å². The fourth-order valence-electron chi connectivity index (χ4n) is 2.14. The normalized spacial score (nSPS) is 11.0. The number of benzene rings is 2. The molecule has 0 aliphatic heterocycles. The number of carbonyl (C=O) groups is 1. The molecule has 2 aromatic carbocycles. The summed E-state index contributed by atoms with van der Waals surface area (Å²) in [6.07, 6.45) is 0. The van der Waals surface area contributed by atoms with E-state index in [-0.39, 0.29) is 24.0 Å². The number of carbonyl (C=O) groups excluding carboxylic acids is 1. The summed E-state index contributed by atoms with van der Waals surface area (Å²) in [6.45, 7) is 2.46. The Kier molecular flexibility index (Phi) is 6.31. The van der Waals surface area contributed by atoms with Crippen LogP contribution >= 0.6 is 0 Å². The molecule has 0 heterocycles. The fourth-order valence-corrected chi connectivity index (χ4v) is 2.14. The van der Waals surface area contributed by atoms with Crippen molar-refractivity contribution in [2.75, 3.05) is 13.7 Å². The molecule has 0 bridgehead atoms. The number of nitrogens with zero attached hydrogens (tertiary/aromatic N) is 1. The molecule has 0 aliphatic rings. The van der Waals surface area contributed by atoms with Gasteiger partial charge in [-0.3, -0.25) is 4.79 Å². The summed E-state index contributed by atoms with van der Waals surface area (Å²) in [6, 6.07) is 13.1. The first kappa shape index (κ1) is 17.5. The average Bonchev–Trinajstić information content (AvgIpc) is 2.58. The molecule has 0 aliphatic carbocycles. The first-order chi connectivity index (χ1) is 11.7. The van der Waals surface area contributed by atoms with Gasteiger partial charge in [0.2, 0.25) is 0 Å². The van der Waals surface area contributed by atoms with Gasteiger partial charge in [-0.1, -0.05) is 35.5 Å². The molecule has 2 aromatic rings. The van der Waals surface area contributed by atoms with Crippen LogP contribution in [-0.2, 0) is 16.2 Å². The fraction of sp³-hybridized carbons (Fsp3) is 0.222. The molecule has 0 unspecified atom stereocenters. The topological polar surface area (TPSA) is 59.9 Å². The Bertz CT molecular complexity index is 732. The van der Waals surface area contributed by atoms with Gasteiger partial charge in [0.05, 0.1) is 0 Å². The smallest absolute Gasteiger partial charge is 0.273 e. The number of ether oxygens (including phenoxy) is 1. The molecule has 0 radical (unpaired) electrons. The van der Waals surface area contributed by atoms with Gasteiger partial charge in [0.15, 0.2) is 5.71 Å². The quantitative estimate of drug-likeness (QED) is 0.627. The largest absolute Gasteiger partial charge is 0.489 e. The highest BCUT2D eigenvalue weighted by Gasteiger charge is 2.18. The summed E-state index contributed by atoms with van der Waals surface area (Å²) < 4.78 is 18.8. The van der Waals surface area contributed by atoms with Crippen LogP contribution < -0.4 is 10.1 Å². The van der Waals surface area contributed by atoms with Crippen LogP contribution in [0, 0.1) is 5.82 Å². The van der Waals surface area contributed by atoms with Crippen molar-refractivity contribution in [3.8, 4) is 5.75 Å². The number of oxime groups is 1. The van der Waals surface area contributed by atoms with Crippen molar-refractivity contribution in [3.63, 3.8) is 0 Å². The summed E-state index contributed by atoms with van der Waals surface area (Å²) in [4.78, 5) is 17.0. The minimum atomic E-state index is -0.371. The summed E-state index contributed by atoms with van der Waals surface area (Å²) in [5.41, 5.74) is 1.50. The number of hydrogen-bond acceptors (Lipinski definition) is 4. The van der Waals surface area contributed by atoms with Crippen LogP contribution in [0.3, 0.4) is 0 Å². The Labute approximate surface area is 140 Å². The Balaban J connectivity index is 2.25. The number of hydrogen-bond donors (Lipinski definition) is 1. The number of halogens is 1. The SMILES string of the molecule is CCNC(=O)/C(=N/OC)c1ccccc1COc1cccc(F)c1. The van der Waals surface area contributed by atoms with Crippen molar-refractivity contribution in [1.29, 1.82) is 0 Å². The van der Waals surface area contributed by atoms with E-state index < -0.39 is 0 Å². The molecule has 0 atom stereocenters. The van der Waals surface area contributed by atoms with Crippen LogP contribution in [0.5, 0.6) is 5.75 Å². The van der Waals surface area contributed by atoms with Gasteiger partial charge in [-0.25, -0.2) is 4.39 Å². The molecule has 6 heteroatoms. The predicted octanol–water partition coefficient (Wildman–Crippen LogP) is 2.89. The standard InChI is InChI=1S/C18H19FN2O3/c1-3-20-18(22)17(21-23-2)16-10-5-4-7-13(16)12-24-15-9-6-8-14(19)11-15/h4-11H,3,12H2,1-2H3,(H,20,22)/b21-17+. The van der Waals surface area contributed by atoms with Crippen LogP contribution in [0.4, 0.5) is 4.39 Å². The van der Waals surface area contributed by atoms with E-state index in [1.54, 1.807) is 24.3 Å². The zero-order valence-corrected chi connectivity index (χ0v) is 13.6. The second-order valence-electron chi connectivity index (χ2n) is 4.89. The Hall–Kier alpha value is -2.89. The second-order valence-corrected chi connectivity index (χ2v) is 4.89. The maximum absolute atomic E-state index is 13.2. The molecule has 0 fully saturated rings. The minimum Gasteiger partial charge on any atom is -0.489 e. The van der Waals surface area contributed by atoms with Crippen molar-refractivity contribution in [1.82, 2.24) is 5.32 Å². The van der Waals surface area contributed by atoms with Gasteiger partial charge >= 0.3 is 0 Å². The van der Waals surface area contributed by atoms with Crippen LogP contribution in [0.1, 0.15) is 18.1 Å². The van der Waals surface area contributed by atoms with Gasteiger partial charge in [0.1, 0.15) is 25.3 Å². The number of rotatable bonds is 7. The predicted molar refractivity (Wildman–Crippen MR) is 89.4 cm³/mol. The summed E-state index contributed by atoms with van der Waals surface area (Å²) >= 11 is 0. The van der Waals surface area contributed by atoms with Gasteiger partial charge in [0, 0.05) is 18.2 Å². The van der Waals surface area contributed by atoms with E-state index in [2.05, 4.69) is 10.5 Å². The van der Waals surface area contributed by atoms with Crippen molar-refractivity contribution < 1.29 is 18.8 Å². The van der Waals surface area contributed by atoms with E-state index in [1.165, 1.54) is 19.2 Å². The van der Waals surface area contributed by atoms with E-state index in [0.717, 1.165) is 5.56 Å². The molecular weight excluding hydrogens is 311 g/mol. The first-order valence-corrected chi connectivity index (χ1v) is 7.51. The molecule has 5 nitrogen and oxygen atoms in total. The van der Waals surface area contributed by atoms with Crippen LogP contribution in [0.15, 0.2) is 53.7 Å². The molecule has 1 N–H and O–H groups in total. The Morgan fingerprint density at radius 1 is 1.21 bits per heavy atom. The van der Waals surface area contributed by atoms with E-state index in [9.17, 15) is 9.18 Å². The summed E-state index contributed by atoms with van der Waals surface area (Å²) in [7, 11) is 1.38. The molecule has 1 amide bonds. The van der Waals surface area contributed by atoms with Crippen LogP contribution in [0.2, 0.25) is 0 Å². The number of nitrogens with one attached hydrogen (secondary N) is 1. The Morgan fingerprint density at radius 2 is 2.00 bits per heavy atom. The maximum Gasteiger partial charge on any atom is 0.273 e. The molecule has 2 rings (SSSR count). The highest BCUT2D eigenvalue weighted by Crippen LogP contribution is 2.17. The maximum atomic E-state index is 13.2. The lowest BCUT2D eigenvalue weighted by Gasteiger charge is -2.12. The average molecular weight is 330 g/mol. The van der Waals surface area contributed by atoms with Crippen LogP contribution in [0.25, 0.3) is 0 Å². The zero-order chi connectivity index (χ0) is 17.4. The monoisotopic (exact) mass is 330 g/mol. The van der Waals surface area contributed by atoms with Gasteiger partial charge in [-0.05, 0) is 24.6 Å². The molecule has 0 spiro atoms. The van der Waals surface area contributed by atoms with Gasteiger partial charge in [-0.2, -0.15) is 0 Å². The number of likely N-dealkylation sites (N-methyl/N-ethyl adjacent to an activating group) is 1. The van der Waals surface area contributed by atoms with Gasteiger partial charge in [0.25, 0.3) is 5.91 Å². The molecule has 0 aromatic heterocycles. The third kappa shape index (κ3) is 4.55. The van der Waals surface area contributed by atoms with Crippen molar-refractivity contribution in [2.45, 2.75) is 13.5 Å². The zero-order valence-electron chi connectivity index (χ0n) is 13.6. The van der Waals surface area contributed by atoms with Crippen LogP contribution in [-0.4, -0.2) is 25.3 Å². The lowest BCUT2D eigenvalue weighted by molar-refractivity contribution is -0.114. The number of amides is 1. The molecule has 0 saturated heterocycles. The molecule has 0 saturated carbocycles. The molecular formula is C18H19FN2O3. The molecule has 24 heavy (non-hydrogen) atoms. The van der Waals surface area contributed by atoms with E-state index in [1.807, 2.05) is 19.1 Å². The lowest BCUT2D eigenvalue weighted by Crippen LogP contribution is -2.32. The highest BCUT2D eigenvalue weighted by atomic mass is 19.1. The lowest BCUT2D eigenvalue weighted by atomic mass is 10.0. The highest BCUT2D eigenvalue weighted by molar-refractivity contribution is 6.45. The molecule has 126 valence electrons. The third-order valence-corrected chi connectivity index (χ3v) is 3.20. The Morgan fingerprint density at radius 3 is 2.71 bits per heavy atom. The van der Waals surface area contributed by atoms with Crippen molar-refractivity contribution in [2.24, 2.45) is 5.16 Å². The van der Waals surface area contributed by atoms with Gasteiger partial charge < -0.3 is 14.9 Å². The summed E-state index contributed by atoms with van der Waals surface area (Å²) in [5, 5.41) is 6.53. The van der Waals surface area contributed by atoms with Crippen molar-refractivity contribution in [3.05, 3.63) is 65.5 Å². The second kappa shape index (κ2) is 8.67. The first-order valence-electron chi connectivity index (χ1n) is 7.51. The minimum absolute atomic E-state index is 0.165. The van der Waals surface area contributed by atoms with Crippen molar-refractivity contribution >= 4 is 11.6 Å². The van der Waals surface area contributed by atoms with E-state index >= 15 is 0 Å².